The number of carbonyl (C=O) groups is 1. The molecule has 1 heterocycles. The van der Waals surface area contributed by atoms with Crippen molar-refractivity contribution < 1.29 is 22.1 Å². The number of hydrogen-bond acceptors (Lipinski definition) is 12. The van der Waals surface area contributed by atoms with E-state index in [9.17, 15) is 10.1 Å². The average molecular weight is 603 g/mol. The normalized spacial score (nSPS) is 12.2. The molecule has 1 aromatic heterocycles. The Labute approximate surface area is 246 Å². The summed E-state index contributed by atoms with van der Waals surface area (Å²) in [7, 11) is 6.30. The van der Waals surface area contributed by atoms with Crippen LogP contribution in [-0.2, 0) is 30.3 Å². The van der Waals surface area contributed by atoms with Gasteiger partial charge in [0.05, 0.1) is 74.0 Å². The molecule has 3 rings (SSSR count). The Morgan fingerprint density at radius 3 is 2.38 bits per heavy atom. The second-order valence-electron chi connectivity index (χ2n) is 7.91. The molecule has 0 aliphatic rings. The Bertz CT molecular complexity index is 1340. The topological polar surface area (TPSA) is 133 Å². The molecule has 0 fully saturated rings. The molecule has 0 aliphatic carbocycles. The summed E-state index contributed by atoms with van der Waals surface area (Å²) in [6, 6.07) is 12.7. The molecule has 11 nitrogen and oxygen atoms in total. The third-order valence-electron chi connectivity index (χ3n) is 5.49. The molecule has 1 atom stereocenters. The van der Waals surface area contributed by atoms with Gasteiger partial charge in [0, 0.05) is 36.1 Å². The maximum absolute atomic E-state index is 12.7. The van der Waals surface area contributed by atoms with Crippen molar-refractivity contribution in [2.45, 2.75) is 40.6 Å². The Balaban J connectivity index is 1.71. The lowest BCUT2D eigenvalue weighted by Gasteiger charge is -2.16. The smallest absolute Gasteiger partial charge is 0.274 e. The maximum atomic E-state index is 12.7. The minimum atomic E-state index is -0.800. The second-order valence-corrected chi connectivity index (χ2v) is 10.7. The molecule has 0 spiro atoms. The molecular formula is C26H30N6O5S3. The number of nitriles is 1. The van der Waals surface area contributed by atoms with Crippen LogP contribution in [0.4, 0.5) is 0 Å². The maximum Gasteiger partial charge on any atom is 0.274 e. The fourth-order valence-electron chi connectivity index (χ4n) is 3.56. The van der Waals surface area contributed by atoms with E-state index in [0.29, 0.717) is 24.6 Å². The molecule has 0 aliphatic heterocycles. The zero-order chi connectivity index (χ0) is 28.9. The number of carbonyl (C=O) groups excluding carboxylic acids is 1. The van der Waals surface area contributed by atoms with Crippen LogP contribution in [0.3, 0.4) is 0 Å². The molecule has 0 bridgehead atoms. The zero-order valence-electron chi connectivity index (χ0n) is 22.7. The highest BCUT2D eigenvalue weighted by Crippen LogP contribution is 2.41. The molecule has 0 radical (unpaired) electrons. The molecule has 3 aromatic rings. The van der Waals surface area contributed by atoms with E-state index in [1.807, 2.05) is 36.4 Å². The molecule has 14 heteroatoms. The van der Waals surface area contributed by atoms with Crippen molar-refractivity contribution in [3.05, 3.63) is 65.0 Å². The number of nitrogens with one attached hydrogen (secondary N) is 1. The van der Waals surface area contributed by atoms with Gasteiger partial charge in [0.25, 0.3) is 5.91 Å². The monoisotopic (exact) mass is 602 g/mol. The van der Waals surface area contributed by atoms with Gasteiger partial charge < -0.3 is 22.6 Å². The molecule has 0 saturated carbocycles. The molecule has 2 aromatic carbocycles. The number of amides is 1. The summed E-state index contributed by atoms with van der Waals surface area (Å²) in [5, 5.41) is 20.3. The van der Waals surface area contributed by atoms with Gasteiger partial charge in [-0.1, -0.05) is 36.4 Å². The summed E-state index contributed by atoms with van der Waals surface area (Å²) >= 11 is 3.57. The highest BCUT2D eigenvalue weighted by molar-refractivity contribution is 7.99. The van der Waals surface area contributed by atoms with Gasteiger partial charge in [-0.15, -0.1) is 5.10 Å². The number of benzene rings is 2. The van der Waals surface area contributed by atoms with Gasteiger partial charge in [-0.3, -0.25) is 4.79 Å². The molecule has 0 saturated heterocycles. The van der Waals surface area contributed by atoms with Crippen molar-refractivity contribution in [1.82, 2.24) is 20.3 Å². The number of rotatable bonds is 14. The molecule has 212 valence electrons. The summed E-state index contributed by atoms with van der Waals surface area (Å²) in [5.74, 6) is -0.0904. The van der Waals surface area contributed by atoms with E-state index in [1.165, 1.54) is 47.0 Å². The van der Waals surface area contributed by atoms with Gasteiger partial charge >= 0.3 is 0 Å². The Morgan fingerprint density at radius 1 is 1.05 bits per heavy atom. The number of aryl methyl sites for hydroxylation is 1. The lowest BCUT2D eigenvalue weighted by atomic mass is 10.0. The van der Waals surface area contributed by atoms with Crippen molar-refractivity contribution in [3.63, 3.8) is 0 Å². The number of aromatic nitrogens is 3. The van der Waals surface area contributed by atoms with Crippen LogP contribution >= 0.6 is 36.1 Å². The SMILES string of the molecule is CCc1ccc(C(C#N)NC(=O)c2cn(CCN=C(OC)c3ccc(SOC)c(SOC)c3SOC)nn2)cc1. The summed E-state index contributed by atoms with van der Waals surface area (Å²) in [6.45, 7) is 2.70. The highest BCUT2D eigenvalue weighted by atomic mass is 32.2. The fourth-order valence-corrected chi connectivity index (χ4v) is 5.62. The van der Waals surface area contributed by atoms with E-state index < -0.39 is 11.9 Å². The van der Waals surface area contributed by atoms with Crippen molar-refractivity contribution in [2.75, 3.05) is 35.0 Å². The van der Waals surface area contributed by atoms with E-state index in [-0.39, 0.29) is 5.69 Å². The van der Waals surface area contributed by atoms with Gasteiger partial charge in [-0.2, -0.15) is 5.26 Å². The number of hydrogen-bond donors (Lipinski definition) is 1. The van der Waals surface area contributed by atoms with Crippen LogP contribution in [0.2, 0.25) is 0 Å². The Kier molecular flexibility index (Phi) is 12.8. The van der Waals surface area contributed by atoms with Gasteiger partial charge in [0.2, 0.25) is 5.90 Å². The van der Waals surface area contributed by atoms with E-state index in [2.05, 4.69) is 33.6 Å². The van der Waals surface area contributed by atoms with E-state index in [1.54, 1.807) is 28.4 Å². The Hall–Kier alpha value is -3.06. The van der Waals surface area contributed by atoms with Crippen LogP contribution in [0.5, 0.6) is 0 Å². The number of methoxy groups -OCH3 is 1. The van der Waals surface area contributed by atoms with Gasteiger partial charge in [0.1, 0.15) is 6.04 Å². The van der Waals surface area contributed by atoms with Gasteiger partial charge in [-0.05, 0) is 29.7 Å². The minimum absolute atomic E-state index is 0.104. The van der Waals surface area contributed by atoms with E-state index in [0.717, 1.165) is 32.2 Å². The molecular weight excluding hydrogens is 573 g/mol. The van der Waals surface area contributed by atoms with Crippen LogP contribution in [-0.4, -0.2) is 61.8 Å². The van der Waals surface area contributed by atoms with Crippen LogP contribution < -0.4 is 5.32 Å². The minimum Gasteiger partial charge on any atom is -0.481 e. The quantitative estimate of drug-likeness (QED) is 0.154. The van der Waals surface area contributed by atoms with Crippen molar-refractivity contribution in [3.8, 4) is 6.07 Å². The molecule has 1 unspecified atom stereocenters. The van der Waals surface area contributed by atoms with E-state index >= 15 is 0 Å². The predicted octanol–water partition coefficient (Wildman–Crippen LogP) is 4.89. The summed E-state index contributed by atoms with van der Waals surface area (Å²) in [5.41, 5.74) is 2.68. The van der Waals surface area contributed by atoms with Crippen molar-refractivity contribution in [2.24, 2.45) is 4.99 Å². The van der Waals surface area contributed by atoms with Crippen molar-refractivity contribution >= 4 is 47.9 Å². The first-order chi connectivity index (χ1) is 19.5. The fraction of sp³-hybridized carbons (Fsp3) is 0.346. The molecule has 1 N–H and O–H groups in total. The highest BCUT2D eigenvalue weighted by Gasteiger charge is 2.21. The van der Waals surface area contributed by atoms with Crippen LogP contribution in [0, 0.1) is 11.3 Å². The molecule has 40 heavy (non-hydrogen) atoms. The van der Waals surface area contributed by atoms with Crippen LogP contribution in [0.1, 0.15) is 40.1 Å². The van der Waals surface area contributed by atoms with Crippen LogP contribution in [0.15, 0.2) is 62.3 Å². The number of ether oxygens (including phenoxy) is 1. The number of nitrogens with zero attached hydrogens (tertiary/aromatic N) is 5. The third kappa shape index (κ3) is 8.23. The van der Waals surface area contributed by atoms with E-state index in [4.69, 9.17) is 17.3 Å². The first-order valence-electron chi connectivity index (χ1n) is 12.1. The zero-order valence-corrected chi connectivity index (χ0v) is 25.2. The largest absolute Gasteiger partial charge is 0.481 e. The third-order valence-corrected chi connectivity index (χ3v) is 7.95. The summed E-state index contributed by atoms with van der Waals surface area (Å²) in [4.78, 5) is 19.8. The van der Waals surface area contributed by atoms with Gasteiger partial charge in [0.15, 0.2) is 5.69 Å². The lowest BCUT2D eigenvalue weighted by molar-refractivity contribution is 0.0940. The first-order valence-corrected chi connectivity index (χ1v) is 14.3. The second kappa shape index (κ2) is 16.3. The first kappa shape index (κ1) is 31.5. The summed E-state index contributed by atoms with van der Waals surface area (Å²) in [6.07, 6.45) is 2.41. The Morgan fingerprint density at radius 2 is 1.75 bits per heavy atom. The standard InChI is InChI=1S/C26H30N6O5S3/c1-6-17-7-9-18(10-8-17)20(15-27)29-25(33)21-16-32(31-30-21)14-13-28-26(34-2)19-11-12-22(38-35-3)24(40-37-5)23(19)39-36-4/h7-12,16,20H,6,13-14H2,1-5H3,(H,29,33). The average Bonchev–Trinajstić information content (AvgIpc) is 3.45. The lowest BCUT2D eigenvalue weighted by Crippen LogP contribution is -2.28. The summed E-state index contributed by atoms with van der Waals surface area (Å²) < 4.78 is 23.0. The van der Waals surface area contributed by atoms with Crippen molar-refractivity contribution in [1.29, 1.82) is 5.26 Å². The van der Waals surface area contributed by atoms with Gasteiger partial charge in [-0.25, -0.2) is 9.67 Å². The van der Waals surface area contributed by atoms with Crippen LogP contribution in [0.25, 0.3) is 0 Å². The predicted molar refractivity (Wildman–Crippen MR) is 155 cm³/mol. The molecule has 1 amide bonds. The number of aliphatic imine (C=N–C) groups is 1.